The van der Waals surface area contributed by atoms with Gasteiger partial charge in [-0.1, -0.05) is 66.7 Å². The number of nitrogens with one attached hydrogen (secondary N) is 2. The largest absolute Gasteiger partial charge is 0.325 e. The lowest BCUT2D eigenvalue weighted by Gasteiger charge is -2.19. The molecule has 0 radical (unpaired) electrons. The smallest absolute Gasteiger partial charge is 0.229 e. The summed E-state index contributed by atoms with van der Waals surface area (Å²) in [5.41, 5.74) is 2.11. The fourth-order valence-corrected chi connectivity index (χ4v) is 3.56. The molecule has 0 unspecified atom stereocenters. The number of fused-ring (bicyclic) bond motifs is 1. The molecule has 4 rings (SSSR count). The Morgan fingerprint density at radius 1 is 0.875 bits per heavy atom. The zero-order valence-electron chi connectivity index (χ0n) is 13.4. The van der Waals surface area contributed by atoms with Gasteiger partial charge in [0.2, 0.25) is 5.91 Å². The van der Waals surface area contributed by atoms with Crippen molar-refractivity contribution in [3.63, 3.8) is 0 Å². The second kappa shape index (κ2) is 6.46. The van der Waals surface area contributed by atoms with Gasteiger partial charge in [0, 0.05) is 30.1 Å². The first-order valence-electron chi connectivity index (χ1n) is 8.37. The molecule has 120 valence electrons. The normalized spacial score (nSPS) is 20.2. The number of carbonyl (C=O) groups is 1. The van der Waals surface area contributed by atoms with Crippen LogP contribution in [0.5, 0.6) is 0 Å². The first kappa shape index (κ1) is 14.9. The summed E-state index contributed by atoms with van der Waals surface area (Å²) in [5.74, 6) is 0.262. The third-order valence-electron chi connectivity index (χ3n) is 4.83. The number of rotatable bonds is 3. The Morgan fingerprint density at radius 2 is 1.62 bits per heavy atom. The molecule has 1 aliphatic heterocycles. The van der Waals surface area contributed by atoms with E-state index in [1.165, 1.54) is 5.56 Å². The minimum absolute atomic E-state index is 0.0497. The molecule has 3 aromatic carbocycles. The van der Waals surface area contributed by atoms with E-state index in [2.05, 4.69) is 34.9 Å². The Labute approximate surface area is 141 Å². The van der Waals surface area contributed by atoms with Gasteiger partial charge >= 0.3 is 0 Å². The Morgan fingerprint density at radius 3 is 2.50 bits per heavy atom. The van der Waals surface area contributed by atoms with Crippen molar-refractivity contribution in [3.8, 4) is 0 Å². The van der Waals surface area contributed by atoms with Crippen molar-refractivity contribution in [2.24, 2.45) is 5.92 Å². The number of anilines is 1. The van der Waals surface area contributed by atoms with Gasteiger partial charge in [0.15, 0.2) is 0 Å². The highest BCUT2D eigenvalue weighted by atomic mass is 16.1. The van der Waals surface area contributed by atoms with Crippen LogP contribution < -0.4 is 10.6 Å². The molecule has 0 bridgehead atoms. The second-order valence-electron chi connectivity index (χ2n) is 6.30. The van der Waals surface area contributed by atoms with Crippen LogP contribution in [0, 0.1) is 5.92 Å². The van der Waals surface area contributed by atoms with Gasteiger partial charge in [-0.2, -0.15) is 0 Å². The van der Waals surface area contributed by atoms with Crippen LogP contribution in [0.1, 0.15) is 11.5 Å². The third-order valence-corrected chi connectivity index (χ3v) is 4.83. The molecule has 1 fully saturated rings. The van der Waals surface area contributed by atoms with Crippen LogP contribution in [0.15, 0.2) is 72.8 Å². The molecule has 0 aromatic heterocycles. The predicted molar refractivity (Wildman–Crippen MR) is 98.1 cm³/mol. The van der Waals surface area contributed by atoms with Gasteiger partial charge in [-0.25, -0.2) is 0 Å². The maximum Gasteiger partial charge on any atom is 0.229 e. The molecule has 0 spiro atoms. The summed E-state index contributed by atoms with van der Waals surface area (Å²) in [6, 6.07) is 24.4. The lowest BCUT2D eigenvalue weighted by molar-refractivity contribution is -0.119. The Balaban J connectivity index is 1.59. The van der Waals surface area contributed by atoms with Crippen molar-refractivity contribution in [2.75, 3.05) is 18.4 Å². The standard InChI is InChI=1S/C21H20N2O/c24-21(19-14-22-13-18(19)16-7-2-1-3-8-16)23-20-12-6-10-15-9-4-5-11-17(15)20/h1-12,18-19,22H,13-14H2,(H,23,24)/t18-,19+/m1/s1. The van der Waals surface area contributed by atoms with Crippen LogP contribution in [-0.4, -0.2) is 19.0 Å². The highest BCUT2D eigenvalue weighted by Crippen LogP contribution is 2.30. The van der Waals surface area contributed by atoms with E-state index in [9.17, 15) is 4.79 Å². The molecular weight excluding hydrogens is 296 g/mol. The summed E-state index contributed by atoms with van der Waals surface area (Å²) in [7, 11) is 0. The van der Waals surface area contributed by atoms with Gasteiger partial charge in [0.05, 0.1) is 5.92 Å². The van der Waals surface area contributed by atoms with Crippen LogP contribution in [0.25, 0.3) is 10.8 Å². The van der Waals surface area contributed by atoms with Crippen LogP contribution in [0.2, 0.25) is 0 Å². The Bertz CT molecular complexity index is 855. The monoisotopic (exact) mass is 316 g/mol. The number of hydrogen-bond acceptors (Lipinski definition) is 2. The predicted octanol–water partition coefficient (Wildman–Crippen LogP) is 3.78. The van der Waals surface area contributed by atoms with Crippen LogP contribution in [0.3, 0.4) is 0 Å². The van der Waals surface area contributed by atoms with Gasteiger partial charge in [-0.3, -0.25) is 4.79 Å². The van der Waals surface area contributed by atoms with Gasteiger partial charge in [0.1, 0.15) is 0 Å². The molecule has 1 heterocycles. The molecule has 1 amide bonds. The highest BCUT2D eigenvalue weighted by Gasteiger charge is 2.33. The van der Waals surface area contributed by atoms with Crippen molar-refractivity contribution < 1.29 is 4.79 Å². The number of benzene rings is 3. The molecule has 1 saturated heterocycles. The summed E-state index contributed by atoms with van der Waals surface area (Å²) >= 11 is 0. The quantitative estimate of drug-likeness (QED) is 0.772. The van der Waals surface area contributed by atoms with Crippen molar-refractivity contribution in [1.29, 1.82) is 0 Å². The molecule has 2 atom stereocenters. The van der Waals surface area contributed by atoms with Gasteiger partial charge in [0.25, 0.3) is 0 Å². The molecule has 1 aliphatic rings. The zero-order chi connectivity index (χ0) is 16.4. The lowest BCUT2D eigenvalue weighted by Crippen LogP contribution is -2.28. The maximum atomic E-state index is 12.9. The average molecular weight is 316 g/mol. The Hall–Kier alpha value is -2.65. The Kier molecular flexibility index (Phi) is 4.01. The molecule has 3 aromatic rings. The topological polar surface area (TPSA) is 41.1 Å². The molecule has 3 nitrogen and oxygen atoms in total. The van der Waals surface area contributed by atoms with Gasteiger partial charge < -0.3 is 10.6 Å². The van der Waals surface area contributed by atoms with E-state index in [1.54, 1.807) is 0 Å². The molecular formula is C21H20N2O. The number of hydrogen-bond donors (Lipinski definition) is 2. The third kappa shape index (κ3) is 2.79. The SMILES string of the molecule is O=C(Nc1cccc2ccccc12)[C@H]1CNC[C@@H]1c1ccccc1. The van der Waals surface area contributed by atoms with Crippen molar-refractivity contribution in [2.45, 2.75) is 5.92 Å². The second-order valence-corrected chi connectivity index (χ2v) is 6.30. The molecule has 3 heteroatoms. The number of carbonyl (C=O) groups excluding carboxylic acids is 1. The lowest BCUT2D eigenvalue weighted by atomic mass is 9.88. The molecule has 2 N–H and O–H groups in total. The van der Waals surface area contributed by atoms with E-state index in [-0.39, 0.29) is 17.7 Å². The van der Waals surface area contributed by atoms with Crippen molar-refractivity contribution >= 4 is 22.4 Å². The first-order chi connectivity index (χ1) is 11.8. The van der Waals surface area contributed by atoms with Crippen LogP contribution in [-0.2, 0) is 4.79 Å². The molecule has 0 aliphatic carbocycles. The van der Waals surface area contributed by atoms with Gasteiger partial charge in [-0.05, 0) is 17.0 Å². The fourth-order valence-electron chi connectivity index (χ4n) is 3.56. The van der Waals surface area contributed by atoms with E-state index in [4.69, 9.17) is 0 Å². The van der Waals surface area contributed by atoms with E-state index in [0.29, 0.717) is 0 Å². The highest BCUT2D eigenvalue weighted by molar-refractivity contribution is 6.03. The van der Waals surface area contributed by atoms with Crippen LogP contribution in [0.4, 0.5) is 5.69 Å². The summed E-state index contributed by atoms with van der Waals surface area (Å²) in [6.45, 7) is 1.56. The maximum absolute atomic E-state index is 12.9. The minimum Gasteiger partial charge on any atom is -0.325 e. The summed E-state index contributed by atoms with van der Waals surface area (Å²) in [5, 5.41) is 8.73. The van der Waals surface area contributed by atoms with E-state index < -0.39 is 0 Å². The summed E-state index contributed by atoms with van der Waals surface area (Å²) in [4.78, 5) is 12.9. The summed E-state index contributed by atoms with van der Waals surface area (Å²) < 4.78 is 0. The van der Waals surface area contributed by atoms with Crippen molar-refractivity contribution in [3.05, 3.63) is 78.4 Å². The van der Waals surface area contributed by atoms with E-state index in [0.717, 1.165) is 29.5 Å². The molecule has 24 heavy (non-hydrogen) atoms. The molecule has 0 saturated carbocycles. The first-order valence-corrected chi connectivity index (χ1v) is 8.37. The van der Waals surface area contributed by atoms with E-state index >= 15 is 0 Å². The van der Waals surface area contributed by atoms with Crippen LogP contribution >= 0.6 is 0 Å². The van der Waals surface area contributed by atoms with E-state index in [1.807, 2.05) is 48.5 Å². The van der Waals surface area contributed by atoms with Crippen molar-refractivity contribution in [1.82, 2.24) is 5.32 Å². The number of amides is 1. The summed E-state index contributed by atoms with van der Waals surface area (Å²) in [6.07, 6.45) is 0. The average Bonchev–Trinajstić information content (AvgIpc) is 3.13. The minimum atomic E-state index is -0.0497. The fraction of sp³-hybridized carbons (Fsp3) is 0.190. The zero-order valence-corrected chi connectivity index (χ0v) is 13.4. The van der Waals surface area contributed by atoms with Gasteiger partial charge in [-0.15, -0.1) is 0 Å².